The fourth-order valence-corrected chi connectivity index (χ4v) is 0.773. The van der Waals surface area contributed by atoms with Crippen LogP contribution in [-0.4, -0.2) is 17.7 Å². The van der Waals surface area contributed by atoms with Crippen molar-refractivity contribution in [3.05, 3.63) is 0 Å². The molecule has 12 heavy (non-hydrogen) atoms. The molecule has 0 radical (unpaired) electrons. The van der Waals surface area contributed by atoms with Crippen molar-refractivity contribution in [2.24, 2.45) is 5.92 Å². The number of carbonyl (C=O) groups excluding carboxylic acids is 2. The Kier molecular flexibility index (Phi) is 4.55. The van der Waals surface area contributed by atoms with Crippen LogP contribution in [0.5, 0.6) is 0 Å². The standard InChI is InChI=1S/C9H17NO2/c1-6(2)5-9(12)10-7(3)8(4)11/h6-7H,5H2,1-4H3,(H,10,12)/t7-/m1/s1. The molecular weight excluding hydrogens is 154 g/mol. The zero-order valence-electron chi connectivity index (χ0n) is 8.18. The van der Waals surface area contributed by atoms with Crippen LogP contribution in [0, 0.1) is 5.92 Å². The predicted octanol–water partition coefficient (Wildman–Crippen LogP) is 1.13. The van der Waals surface area contributed by atoms with Crippen LogP contribution in [-0.2, 0) is 9.59 Å². The van der Waals surface area contributed by atoms with Gasteiger partial charge in [-0.2, -0.15) is 0 Å². The molecule has 0 aromatic carbocycles. The predicted molar refractivity (Wildman–Crippen MR) is 47.7 cm³/mol. The Morgan fingerprint density at radius 2 is 1.75 bits per heavy atom. The number of amides is 1. The van der Waals surface area contributed by atoms with E-state index in [1.54, 1.807) is 6.92 Å². The Balaban J connectivity index is 3.77. The Bertz CT molecular complexity index is 175. The van der Waals surface area contributed by atoms with Crippen molar-refractivity contribution >= 4 is 11.7 Å². The summed E-state index contributed by atoms with van der Waals surface area (Å²) >= 11 is 0. The average molecular weight is 171 g/mol. The van der Waals surface area contributed by atoms with Gasteiger partial charge in [0.25, 0.3) is 0 Å². The second kappa shape index (κ2) is 4.91. The molecule has 3 nitrogen and oxygen atoms in total. The van der Waals surface area contributed by atoms with E-state index in [-0.39, 0.29) is 17.7 Å². The Labute approximate surface area is 73.5 Å². The minimum atomic E-state index is -0.351. The van der Waals surface area contributed by atoms with Gasteiger partial charge in [0.05, 0.1) is 6.04 Å². The Morgan fingerprint density at radius 1 is 1.25 bits per heavy atom. The minimum Gasteiger partial charge on any atom is -0.347 e. The van der Waals surface area contributed by atoms with Gasteiger partial charge in [0.15, 0.2) is 5.78 Å². The van der Waals surface area contributed by atoms with Gasteiger partial charge in [-0.1, -0.05) is 13.8 Å². The largest absolute Gasteiger partial charge is 0.347 e. The molecule has 0 spiro atoms. The average Bonchev–Trinajstić information content (AvgIpc) is 1.84. The smallest absolute Gasteiger partial charge is 0.220 e. The maximum Gasteiger partial charge on any atom is 0.220 e. The van der Waals surface area contributed by atoms with E-state index in [0.717, 1.165) is 0 Å². The van der Waals surface area contributed by atoms with E-state index in [0.29, 0.717) is 12.3 Å². The summed E-state index contributed by atoms with van der Waals surface area (Å²) < 4.78 is 0. The number of ketones is 1. The summed E-state index contributed by atoms with van der Waals surface area (Å²) in [7, 11) is 0. The van der Waals surface area contributed by atoms with Crippen LogP contribution in [0.2, 0.25) is 0 Å². The highest BCUT2D eigenvalue weighted by Crippen LogP contribution is 1.98. The maximum absolute atomic E-state index is 11.1. The van der Waals surface area contributed by atoms with Crippen LogP contribution in [0.25, 0.3) is 0 Å². The number of carbonyl (C=O) groups is 2. The van der Waals surface area contributed by atoms with E-state index < -0.39 is 0 Å². The molecule has 0 aliphatic rings. The lowest BCUT2D eigenvalue weighted by molar-refractivity contribution is -0.127. The molecule has 0 heterocycles. The molecule has 1 amide bonds. The molecule has 70 valence electrons. The summed E-state index contributed by atoms with van der Waals surface area (Å²) in [6.07, 6.45) is 0.484. The molecule has 0 unspecified atom stereocenters. The lowest BCUT2D eigenvalue weighted by atomic mass is 10.1. The number of Topliss-reactive ketones (excluding diaryl/α,β-unsaturated/α-hetero) is 1. The van der Waals surface area contributed by atoms with E-state index in [2.05, 4.69) is 5.32 Å². The van der Waals surface area contributed by atoms with Gasteiger partial charge in [0, 0.05) is 6.42 Å². The molecule has 1 N–H and O–H groups in total. The molecule has 3 heteroatoms. The third kappa shape index (κ3) is 4.88. The quantitative estimate of drug-likeness (QED) is 0.689. The highest BCUT2D eigenvalue weighted by Gasteiger charge is 2.11. The summed E-state index contributed by atoms with van der Waals surface area (Å²) in [5.74, 6) is 0.281. The minimum absolute atomic E-state index is 0.00731. The molecule has 0 aliphatic heterocycles. The number of hydrogen-bond acceptors (Lipinski definition) is 2. The number of nitrogens with one attached hydrogen (secondary N) is 1. The van der Waals surface area contributed by atoms with Crippen molar-refractivity contribution in [1.82, 2.24) is 5.32 Å². The van der Waals surface area contributed by atoms with E-state index in [9.17, 15) is 9.59 Å². The summed E-state index contributed by atoms with van der Waals surface area (Å²) in [6.45, 7) is 7.11. The lowest BCUT2D eigenvalue weighted by Gasteiger charge is -2.11. The molecule has 0 aromatic heterocycles. The number of hydrogen-bond donors (Lipinski definition) is 1. The van der Waals surface area contributed by atoms with Crippen LogP contribution >= 0.6 is 0 Å². The van der Waals surface area contributed by atoms with Crippen LogP contribution < -0.4 is 5.32 Å². The zero-order valence-corrected chi connectivity index (χ0v) is 8.18. The molecule has 0 fully saturated rings. The molecular formula is C9H17NO2. The summed E-state index contributed by atoms with van der Waals surface area (Å²) in [5.41, 5.74) is 0. The van der Waals surface area contributed by atoms with E-state index in [1.807, 2.05) is 13.8 Å². The van der Waals surface area contributed by atoms with Gasteiger partial charge in [0.1, 0.15) is 0 Å². The van der Waals surface area contributed by atoms with Crippen molar-refractivity contribution in [3.63, 3.8) is 0 Å². The van der Waals surface area contributed by atoms with Crippen LogP contribution in [0.3, 0.4) is 0 Å². The molecule has 0 rings (SSSR count). The molecule has 0 saturated heterocycles. The first-order chi connectivity index (χ1) is 5.43. The zero-order chi connectivity index (χ0) is 9.72. The van der Waals surface area contributed by atoms with Crippen molar-refractivity contribution in [2.75, 3.05) is 0 Å². The number of rotatable bonds is 4. The van der Waals surface area contributed by atoms with Gasteiger partial charge in [-0.25, -0.2) is 0 Å². The summed E-state index contributed by atoms with van der Waals surface area (Å²) in [6, 6.07) is -0.351. The van der Waals surface area contributed by atoms with Gasteiger partial charge < -0.3 is 5.32 Å². The van der Waals surface area contributed by atoms with Gasteiger partial charge in [-0.3, -0.25) is 9.59 Å². The summed E-state index contributed by atoms with van der Waals surface area (Å²) in [4.78, 5) is 21.9. The fourth-order valence-electron chi connectivity index (χ4n) is 0.773. The lowest BCUT2D eigenvalue weighted by Crippen LogP contribution is -2.37. The first kappa shape index (κ1) is 11.1. The summed E-state index contributed by atoms with van der Waals surface area (Å²) in [5, 5.41) is 2.62. The SMILES string of the molecule is CC(=O)[C@@H](C)NC(=O)CC(C)C. The molecule has 0 saturated carbocycles. The van der Waals surface area contributed by atoms with Gasteiger partial charge in [-0.15, -0.1) is 0 Å². The van der Waals surface area contributed by atoms with Gasteiger partial charge in [-0.05, 0) is 19.8 Å². The highest BCUT2D eigenvalue weighted by atomic mass is 16.2. The Hall–Kier alpha value is -0.860. The maximum atomic E-state index is 11.1. The van der Waals surface area contributed by atoms with E-state index in [4.69, 9.17) is 0 Å². The first-order valence-corrected chi connectivity index (χ1v) is 4.23. The molecule has 0 aromatic rings. The molecule has 0 bridgehead atoms. The van der Waals surface area contributed by atoms with Crippen molar-refractivity contribution in [2.45, 2.75) is 40.2 Å². The van der Waals surface area contributed by atoms with Crippen molar-refractivity contribution in [3.8, 4) is 0 Å². The van der Waals surface area contributed by atoms with Crippen molar-refractivity contribution < 1.29 is 9.59 Å². The normalized spacial score (nSPS) is 12.8. The third-order valence-electron chi connectivity index (χ3n) is 1.58. The topological polar surface area (TPSA) is 46.2 Å². The highest BCUT2D eigenvalue weighted by molar-refractivity contribution is 5.87. The first-order valence-electron chi connectivity index (χ1n) is 4.23. The van der Waals surface area contributed by atoms with E-state index in [1.165, 1.54) is 6.92 Å². The monoisotopic (exact) mass is 171 g/mol. The van der Waals surface area contributed by atoms with Crippen molar-refractivity contribution in [1.29, 1.82) is 0 Å². The van der Waals surface area contributed by atoms with E-state index >= 15 is 0 Å². The molecule has 1 atom stereocenters. The fraction of sp³-hybridized carbons (Fsp3) is 0.778. The molecule has 0 aliphatic carbocycles. The van der Waals surface area contributed by atoms with Gasteiger partial charge in [0.2, 0.25) is 5.91 Å². The Morgan fingerprint density at radius 3 is 2.08 bits per heavy atom. The second-order valence-electron chi connectivity index (χ2n) is 3.50. The van der Waals surface area contributed by atoms with Crippen LogP contribution in [0.1, 0.15) is 34.1 Å². The van der Waals surface area contributed by atoms with Gasteiger partial charge >= 0.3 is 0 Å². The van der Waals surface area contributed by atoms with Crippen LogP contribution in [0.4, 0.5) is 0 Å². The van der Waals surface area contributed by atoms with Crippen LogP contribution in [0.15, 0.2) is 0 Å². The second-order valence-corrected chi connectivity index (χ2v) is 3.50. The third-order valence-corrected chi connectivity index (χ3v) is 1.58.